The van der Waals surface area contributed by atoms with Gasteiger partial charge in [-0.3, -0.25) is 4.79 Å². The second kappa shape index (κ2) is 5.52. The molecule has 0 atom stereocenters. The van der Waals surface area contributed by atoms with Gasteiger partial charge in [-0.1, -0.05) is 42.5 Å². The zero-order valence-corrected chi connectivity index (χ0v) is 13.3. The van der Waals surface area contributed by atoms with E-state index in [1.165, 1.54) is 53.5 Å². The van der Waals surface area contributed by atoms with Crippen LogP contribution in [0.15, 0.2) is 42.5 Å². The molecule has 0 fully saturated rings. The second-order valence-electron chi connectivity index (χ2n) is 7.33. The Labute approximate surface area is 137 Å². The summed E-state index contributed by atoms with van der Waals surface area (Å²) >= 11 is 0. The lowest BCUT2D eigenvalue weighted by molar-refractivity contribution is -0.137. The van der Waals surface area contributed by atoms with E-state index in [-0.39, 0.29) is 6.42 Å². The number of fused-ring (bicyclic) bond motifs is 2. The molecule has 0 saturated carbocycles. The van der Waals surface area contributed by atoms with Crippen LogP contribution in [0.25, 0.3) is 0 Å². The fourth-order valence-electron chi connectivity index (χ4n) is 4.51. The van der Waals surface area contributed by atoms with Crippen molar-refractivity contribution in [2.24, 2.45) is 5.41 Å². The van der Waals surface area contributed by atoms with Crippen molar-refractivity contribution in [1.82, 2.24) is 0 Å². The van der Waals surface area contributed by atoms with Crippen molar-refractivity contribution in [1.29, 1.82) is 0 Å². The summed E-state index contributed by atoms with van der Waals surface area (Å²) in [5.41, 5.74) is 7.73. The minimum atomic E-state index is -0.700. The van der Waals surface area contributed by atoms with E-state index in [0.29, 0.717) is 5.41 Å². The van der Waals surface area contributed by atoms with E-state index in [0.717, 1.165) is 12.8 Å². The predicted octanol–water partition coefficient (Wildman–Crippen LogP) is 3.98. The Morgan fingerprint density at radius 3 is 2.17 bits per heavy atom. The molecule has 2 aliphatic carbocycles. The van der Waals surface area contributed by atoms with Crippen molar-refractivity contribution < 1.29 is 9.90 Å². The quantitative estimate of drug-likeness (QED) is 0.927. The molecule has 1 N–H and O–H groups in total. The van der Waals surface area contributed by atoms with Crippen LogP contribution in [-0.2, 0) is 36.9 Å². The van der Waals surface area contributed by atoms with Crippen molar-refractivity contribution >= 4 is 5.97 Å². The molecule has 2 heteroatoms. The highest BCUT2D eigenvalue weighted by Gasteiger charge is 2.41. The lowest BCUT2D eigenvalue weighted by atomic mass is 9.82. The van der Waals surface area contributed by atoms with Crippen molar-refractivity contribution in [2.45, 2.75) is 44.9 Å². The first-order valence-electron chi connectivity index (χ1n) is 8.53. The molecule has 0 bridgehead atoms. The number of aliphatic carboxylic acids is 1. The van der Waals surface area contributed by atoms with Crippen LogP contribution in [0.4, 0.5) is 0 Å². The number of carboxylic acid groups (broad SMARTS) is 1. The molecule has 23 heavy (non-hydrogen) atoms. The maximum atomic E-state index is 10.7. The third-order valence-corrected chi connectivity index (χ3v) is 5.51. The molecule has 0 amide bonds. The molecule has 0 aromatic heterocycles. The van der Waals surface area contributed by atoms with Crippen molar-refractivity contribution in [2.75, 3.05) is 0 Å². The summed E-state index contributed by atoms with van der Waals surface area (Å²) in [5.74, 6) is -0.700. The van der Waals surface area contributed by atoms with Gasteiger partial charge in [0.1, 0.15) is 0 Å². The first-order chi connectivity index (χ1) is 11.1. The summed E-state index contributed by atoms with van der Waals surface area (Å²) in [5, 5.41) is 8.77. The first kappa shape index (κ1) is 14.5. The molecule has 0 saturated heterocycles. The van der Waals surface area contributed by atoms with E-state index in [1.54, 1.807) is 0 Å². The highest BCUT2D eigenvalue weighted by atomic mass is 16.4. The summed E-state index contributed by atoms with van der Waals surface area (Å²) in [4.78, 5) is 10.7. The summed E-state index contributed by atoms with van der Waals surface area (Å²) in [7, 11) is 0. The van der Waals surface area contributed by atoms with Gasteiger partial charge in [0.25, 0.3) is 0 Å². The maximum absolute atomic E-state index is 10.7. The third kappa shape index (κ3) is 2.78. The lowest BCUT2D eigenvalue weighted by Crippen LogP contribution is -2.21. The van der Waals surface area contributed by atoms with Crippen LogP contribution >= 0.6 is 0 Å². The molecule has 1 spiro atoms. The normalized spacial score (nSPS) is 17.2. The fraction of sp³-hybridized carbons (Fsp3) is 0.381. The molecular formula is C21H22O2. The van der Waals surface area contributed by atoms with E-state index in [9.17, 15) is 4.79 Å². The van der Waals surface area contributed by atoms with Crippen LogP contribution in [-0.4, -0.2) is 11.1 Å². The van der Waals surface area contributed by atoms with E-state index < -0.39 is 5.97 Å². The minimum absolute atomic E-state index is 0.260. The smallest absolute Gasteiger partial charge is 0.303 e. The van der Waals surface area contributed by atoms with E-state index in [2.05, 4.69) is 42.5 Å². The van der Waals surface area contributed by atoms with Gasteiger partial charge in [0.2, 0.25) is 0 Å². The van der Waals surface area contributed by atoms with Crippen LogP contribution in [0.5, 0.6) is 0 Å². The number of rotatable bonds is 4. The highest BCUT2D eigenvalue weighted by molar-refractivity contribution is 5.66. The van der Waals surface area contributed by atoms with Gasteiger partial charge in [-0.15, -0.1) is 0 Å². The number of benzene rings is 2. The van der Waals surface area contributed by atoms with E-state index >= 15 is 0 Å². The Morgan fingerprint density at radius 2 is 1.52 bits per heavy atom. The van der Waals surface area contributed by atoms with Crippen LogP contribution in [0, 0.1) is 5.41 Å². The molecule has 2 aromatic rings. The maximum Gasteiger partial charge on any atom is 0.303 e. The number of hydrogen-bond acceptors (Lipinski definition) is 1. The molecule has 0 aliphatic heterocycles. The molecule has 2 nitrogen and oxygen atoms in total. The molecular weight excluding hydrogens is 284 g/mol. The van der Waals surface area contributed by atoms with Gasteiger partial charge in [0.05, 0.1) is 0 Å². The molecule has 118 valence electrons. The average molecular weight is 306 g/mol. The largest absolute Gasteiger partial charge is 0.481 e. The lowest BCUT2D eigenvalue weighted by Gasteiger charge is -2.21. The molecule has 4 rings (SSSR count). The van der Waals surface area contributed by atoms with Gasteiger partial charge in [-0.05, 0) is 71.8 Å². The van der Waals surface area contributed by atoms with Crippen molar-refractivity contribution in [3.05, 3.63) is 70.3 Å². The topological polar surface area (TPSA) is 37.3 Å². The predicted molar refractivity (Wildman–Crippen MR) is 90.7 cm³/mol. The van der Waals surface area contributed by atoms with Crippen LogP contribution in [0.1, 0.15) is 40.7 Å². The molecule has 0 radical (unpaired) electrons. The SMILES string of the molecule is O=C(O)CCCc1ccc2c(c1)CC1(Cc3ccccc3C1)C2. The average Bonchev–Trinajstić information content (AvgIpc) is 3.04. The van der Waals surface area contributed by atoms with Gasteiger partial charge in [0, 0.05) is 6.42 Å². The van der Waals surface area contributed by atoms with Gasteiger partial charge in [0.15, 0.2) is 0 Å². The second-order valence-corrected chi connectivity index (χ2v) is 7.33. The summed E-state index contributed by atoms with van der Waals surface area (Å²) in [6, 6.07) is 15.7. The molecule has 0 unspecified atom stereocenters. The van der Waals surface area contributed by atoms with E-state index in [4.69, 9.17) is 5.11 Å². The Morgan fingerprint density at radius 1 is 0.913 bits per heavy atom. The summed E-state index contributed by atoms with van der Waals surface area (Å²) in [6.45, 7) is 0. The standard InChI is InChI=1S/C21H22O2/c22-20(23)7-3-4-15-8-9-18-13-21(14-19(18)10-15)11-16-5-1-2-6-17(16)12-21/h1-2,5-6,8-10H,3-4,7,11-14H2,(H,22,23). The number of carboxylic acids is 1. The molecule has 2 aromatic carbocycles. The molecule has 2 aliphatic rings. The Kier molecular flexibility index (Phi) is 3.48. The summed E-state index contributed by atoms with van der Waals surface area (Å²) in [6.07, 6.45) is 6.61. The van der Waals surface area contributed by atoms with Crippen LogP contribution < -0.4 is 0 Å². The zero-order chi connectivity index (χ0) is 15.9. The molecule has 0 heterocycles. The first-order valence-corrected chi connectivity index (χ1v) is 8.53. The monoisotopic (exact) mass is 306 g/mol. The Hall–Kier alpha value is -2.09. The third-order valence-electron chi connectivity index (χ3n) is 5.51. The van der Waals surface area contributed by atoms with Crippen molar-refractivity contribution in [3.63, 3.8) is 0 Å². The number of aryl methyl sites for hydroxylation is 1. The van der Waals surface area contributed by atoms with E-state index in [1.807, 2.05) is 0 Å². The minimum Gasteiger partial charge on any atom is -0.481 e. The van der Waals surface area contributed by atoms with Crippen LogP contribution in [0.3, 0.4) is 0 Å². The van der Waals surface area contributed by atoms with Gasteiger partial charge >= 0.3 is 5.97 Å². The Balaban J connectivity index is 1.49. The van der Waals surface area contributed by atoms with Crippen LogP contribution in [0.2, 0.25) is 0 Å². The van der Waals surface area contributed by atoms with Crippen molar-refractivity contribution in [3.8, 4) is 0 Å². The number of hydrogen-bond donors (Lipinski definition) is 1. The Bertz CT molecular complexity index is 735. The summed E-state index contributed by atoms with van der Waals surface area (Å²) < 4.78 is 0. The number of carbonyl (C=O) groups is 1. The zero-order valence-electron chi connectivity index (χ0n) is 13.3. The van der Waals surface area contributed by atoms with Gasteiger partial charge in [-0.2, -0.15) is 0 Å². The fourth-order valence-corrected chi connectivity index (χ4v) is 4.51. The van der Waals surface area contributed by atoms with Gasteiger partial charge in [-0.25, -0.2) is 0 Å². The van der Waals surface area contributed by atoms with Gasteiger partial charge < -0.3 is 5.11 Å². The highest BCUT2D eigenvalue weighted by Crippen LogP contribution is 2.47.